The van der Waals surface area contributed by atoms with Crippen LogP contribution in [0.5, 0.6) is 11.6 Å². The molecule has 2 bridgehead atoms. The molecule has 0 spiro atoms. The lowest BCUT2D eigenvalue weighted by Crippen LogP contribution is -2.61. The van der Waals surface area contributed by atoms with Gasteiger partial charge in [-0.3, -0.25) is 9.59 Å². The van der Waals surface area contributed by atoms with Crippen LogP contribution >= 0.6 is 0 Å². The number of carbonyl (C=O) groups is 4. The van der Waals surface area contributed by atoms with Gasteiger partial charge < -0.3 is 39.4 Å². The number of sulfonamides is 1. The van der Waals surface area contributed by atoms with E-state index in [2.05, 4.69) is 21.9 Å². The molecule has 3 aliphatic heterocycles. The summed E-state index contributed by atoms with van der Waals surface area (Å²) in [6, 6.07) is 5.67. The summed E-state index contributed by atoms with van der Waals surface area (Å²) < 4.78 is 53.5. The summed E-state index contributed by atoms with van der Waals surface area (Å²) in [5.41, 5.74) is -0.248. The van der Waals surface area contributed by atoms with Crippen molar-refractivity contribution in [3.05, 3.63) is 42.5 Å². The number of alkyl carbamates (subject to hydrolysis) is 1. The Labute approximate surface area is 378 Å². The smallest absolute Gasteiger partial charge is 0.410 e. The monoisotopic (exact) mass is 908 g/mol. The summed E-state index contributed by atoms with van der Waals surface area (Å²) in [5, 5.41) is 6.63. The first-order valence-corrected chi connectivity index (χ1v) is 24.6. The Bertz CT molecular complexity index is 2200. The van der Waals surface area contributed by atoms with Gasteiger partial charge in [-0.2, -0.15) is 0 Å². The second-order valence-electron chi connectivity index (χ2n) is 20.1. The van der Waals surface area contributed by atoms with Gasteiger partial charge in [0.15, 0.2) is 0 Å². The van der Waals surface area contributed by atoms with Gasteiger partial charge >= 0.3 is 12.2 Å². The summed E-state index contributed by atoms with van der Waals surface area (Å²) >= 11 is 0. The van der Waals surface area contributed by atoms with Crippen LogP contribution in [0.15, 0.2) is 36.9 Å². The minimum absolute atomic E-state index is 0.00859. The molecule has 2 aliphatic carbocycles. The standard InChI is InChI=1S/C47H68N6O10S/c1-9-29(2)47(8,28-48-64(58,59)46(7)21-22-46)51-40(54)37-26-33-27-53(37)42(55)30(3)49-43(56)62-38-25-31(38)15-11-10-12-17-35-39(34-16-13-14-18-36(34)50-41(35)61-33)60-32-19-23-52(24-20-32)44(57)63-45(4,5)6/h9,13-14,16,18,29-33,37-38,48H,1,10-12,15,17,19-28H2,2-8H3,(H,49,56)(H,51,54). The number of carbonyl (C=O) groups excluding carboxylic acids is 4. The van der Waals surface area contributed by atoms with Crippen molar-refractivity contribution < 1.29 is 46.5 Å². The van der Waals surface area contributed by atoms with Gasteiger partial charge in [0.25, 0.3) is 0 Å². The van der Waals surface area contributed by atoms with Crippen molar-refractivity contribution >= 4 is 44.9 Å². The molecule has 4 heterocycles. The number of hydrogen-bond donors (Lipinski definition) is 3. The van der Waals surface area contributed by atoms with Crippen molar-refractivity contribution in [2.75, 3.05) is 26.2 Å². The average molecular weight is 909 g/mol. The summed E-state index contributed by atoms with van der Waals surface area (Å²) in [4.78, 5) is 63.1. The molecule has 2 aromatic rings. The zero-order valence-corrected chi connectivity index (χ0v) is 39.4. The van der Waals surface area contributed by atoms with Crippen molar-refractivity contribution in [1.82, 2.24) is 30.1 Å². The number of benzene rings is 1. The number of pyridine rings is 1. The molecule has 64 heavy (non-hydrogen) atoms. The fraction of sp³-hybridized carbons (Fsp3) is 0.681. The highest BCUT2D eigenvalue weighted by atomic mass is 32.2. The molecule has 2 saturated heterocycles. The Morgan fingerprint density at radius 2 is 1.78 bits per heavy atom. The lowest BCUT2D eigenvalue weighted by molar-refractivity contribution is -0.140. The van der Waals surface area contributed by atoms with Gasteiger partial charge in [-0.05, 0) is 104 Å². The maximum absolute atomic E-state index is 14.6. The van der Waals surface area contributed by atoms with Crippen molar-refractivity contribution in [2.24, 2.45) is 11.8 Å². The molecule has 7 rings (SSSR count). The molecule has 7 atom stereocenters. The van der Waals surface area contributed by atoms with Gasteiger partial charge in [0, 0.05) is 44.3 Å². The number of piperidine rings is 1. The number of ether oxygens (including phenoxy) is 4. The zero-order valence-electron chi connectivity index (χ0n) is 38.6. The van der Waals surface area contributed by atoms with Crippen LogP contribution in [-0.4, -0.2) is 120 Å². The highest BCUT2D eigenvalue weighted by Gasteiger charge is 2.51. The third-order valence-corrected chi connectivity index (χ3v) is 16.0. The predicted octanol–water partition coefficient (Wildman–Crippen LogP) is 6.15. The Balaban J connectivity index is 1.19. The zero-order chi connectivity index (χ0) is 46.2. The van der Waals surface area contributed by atoms with Crippen LogP contribution in [0.3, 0.4) is 0 Å². The highest BCUT2D eigenvalue weighted by Crippen LogP contribution is 2.43. The molecule has 4 fully saturated rings. The second kappa shape index (κ2) is 18.7. The third kappa shape index (κ3) is 10.9. The number of aromatic nitrogens is 1. The van der Waals surface area contributed by atoms with Crippen LogP contribution in [0.1, 0.15) is 118 Å². The first kappa shape index (κ1) is 47.3. The van der Waals surface area contributed by atoms with Gasteiger partial charge in [-0.25, -0.2) is 27.7 Å². The summed E-state index contributed by atoms with van der Waals surface area (Å²) in [5.74, 6) is -0.0773. The molecule has 5 aliphatic rings. The van der Waals surface area contributed by atoms with E-state index in [1.807, 2.05) is 52.0 Å². The molecule has 17 heteroatoms. The normalized spacial score (nSPS) is 26.9. The summed E-state index contributed by atoms with van der Waals surface area (Å²) in [7, 11) is -3.67. The molecule has 3 N–H and O–H groups in total. The van der Waals surface area contributed by atoms with Gasteiger partial charge in [0.1, 0.15) is 41.7 Å². The number of fused-ring (bicyclic) bond motifs is 5. The van der Waals surface area contributed by atoms with Gasteiger partial charge in [-0.1, -0.05) is 38.0 Å². The number of nitrogens with one attached hydrogen (secondary N) is 3. The molecule has 1 aromatic carbocycles. The predicted molar refractivity (Wildman–Crippen MR) is 241 cm³/mol. The second-order valence-corrected chi connectivity index (χ2v) is 22.4. The average Bonchev–Trinajstić information content (AvgIpc) is 4.14. The molecule has 2 saturated carbocycles. The van der Waals surface area contributed by atoms with Crippen molar-refractivity contribution in [1.29, 1.82) is 0 Å². The third-order valence-electron chi connectivity index (χ3n) is 13.7. The van der Waals surface area contributed by atoms with E-state index in [0.717, 1.165) is 43.1 Å². The first-order chi connectivity index (χ1) is 30.2. The topological polar surface area (TPSA) is 195 Å². The Kier molecular flexibility index (Phi) is 13.8. The molecule has 352 valence electrons. The lowest BCUT2D eigenvalue weighted by atomic mass is 9.86. The molecular weight excluding hydrogens is 841 g/mol. The lowest BCUT2D eigenvalue weighted by Gasteiger charge is -2.37. The number of rotatable bonds is 10. The van der Waals surface area contributed by atoms with E-state index in [-0.39, 0.29) is 49.6 Å². The summed E-state index contributed by atoms with van der Waals surface area (Å²) in [6.45, 7) is 17.3. The van der Waals surface area contributed by atoms with Crippen LogP contribution < -0.4 is 24.8 Å². The van der Waals surface area contributed by atoms with Gasteiger partial charge in [0.2, 0.25) is 27.7 Å². The van der Waals surface area contributed by atoms with E-state index in [4.69, 9.17) is 23.9 Å². The van der Waals surface area contributed by atoms with Gasteiger partial charge in [0.05, 0.1) is 27.9 Å². The maximum Gasteiger partial charge on any atom is 0.410 e. The van der Waals surface area contributed by atoms with Gasteiger partial charge in [-0.15, -0.1) is 6.58 Å². The van der Waals surface area contributed by atoms with E-state index in [9.17, 15) is 27.6 Å². The fourth-order valence-corrected chi connectivity index (χ4v) is 10.3. The van der Waals surface area contributed by atoms with Crippen LogP contribution in [0.4, 0.5) is 9.59 Å². The van der Waals surface area contributed by atoms with E-state index in [0.29, 0.717) is 62.3 Å². The van der Waals surface area contributed by atoms with Crippen LogP contribution in [-0.2, 0) is 35.5 Å². The largest absolute Gasteiger partial charge is 0.489 e. The van der Waals surface area contributed by atoms with Crippen LogP contribution in [0.25, 0.3) is 10.9 Å². The summed E-state index contributed by atoms with van der Waals surface area (Å²) in [6.07, 6.45) is 6.87. The molecular formula is C47H68N6O10S. The molecule has 4 amide bonds. The maximum atomic E-state index is 14.6. The molecule has 16 nitrogen and oxygen atoms in total. The quantitative estimate of drug-likeness (QED) is 0.232. The van der Waals surface area contributed by atoms with Crippen molar-refractivity contribution in [3.63, 3.8) is 0 Å². The minimum Gasteiger partial charge on any atom is -0.489 e. The van der Waals surface area contributed by atoms with E-state index < -0.39 is 62.0 Å². The van der Waals surface area contributed by atoms with Crippen LogP contribution in [0.2, 0.25) is 0 Å². The number of amides is 4. The number of nitrogens with zero attached hydrogens (tertiary/aromatic N) is 3. The number of hydrogen-bond acceptors (Lipinski definition) is 11. The van der Waals surface area contributed by atoms with Crippen molar-refractivity contribution in [2.45, 2.75) is 165 Å². The molecule has 1 aromatic heterocycles. The fourth-order valence-electron chi connectivity index (χ4n) is 8.85. The highest BCUT2D eigenvalue weighted by molar-refractivity contribution is 7.91. The van der Waals surface area contributed by atoms with E-state index >= 15 is 0 Å². The molecule has 0 radical (unpaired) electrons. The molecule has 7 unspecified atom stereocenters. The SMILES string of the molecule is C=CC(C)C(C)(CNS(=O)(=O)C1(C)CC1)NC(=O)C1CC2CN1C(=O)C(C)NC(=O)OC1CC1CCCCCc1c(nc3ccccc3c1OC1CCN(C(=O)OC(C)(C)C)CC1)O2. The van der Waals surface area contributed by atoms with E-state index in [1.165, 1.54) is 4.90 Å². The van der Waals surface area contributed by atoms with Crippen molar-refractivity contribution in [3.8, 4) is 11.6 Å². The minimum atomic E-state index is -3.67. The Morgan fingerprint density at radius 3 is 2.47 bits per heavy atom. The number of para-hydroxylation sites is 1. The Hall–Kier alpha value is -4.64. The van der Waals surface area contributed by atoms with E-state index in [1.54, 1.807) is 31.7 Å². The Morgan fingerprint density at radius 1 is 1.06 bits per heavy atom. The first-order valence-electron chi connectivity index (χ1n) is 23.1. The van der Waals surface area contributed by atoms with Crippen LogP contribution in [0, 0.1) is 11.8 Å². The number of likely N-dealkylation sites (tertiary alicyclic amines) is 1.